The van der Waals surface area contributed by atoms with E-state index < -0.39 is 18.5 Å². The smallest absolute Gasteiger partial charge is 0.349 e. The van der Waals surface area contributed by atoms with Gasteiger partial charge in [0.25, 0.3) is 5.91 Å². The molecule has 0 spiro atoms. The number of carbonyl (C=O) groups is 2. The molecule has 1 aromatic heterocycles. The Labute approximate surface area is 150 Å². The highest BCUT2D eigenvalue weighted by atomic mass is 16.5. The summed E-state index contributed by atoms with van der Waals surface area (Å²) in [6.45, 7) is 2.13. The van der Waals surface area contributed by atoms with Gasteiger partial charge in [-0.15, -0.1) is 0 Å². The van der Waals surface area contributed by atoms with Crippen molar-refractivity contribution in [2.24, 2.45) is 0 Å². The minimum Gasteiger partial charge on any atom is -0.494 e. The molecule has 0 aliphatic rings. The Morgan fingerprint density at radius 3 is 2.65 bits per heavy atom. The lowest BCUT2D eigenvalue weighted by Gasteiger charge is -2.05. The van der Waals surface area contributed by atoms with Crippen molar-refractivity contribution in [3.05, 3.63) is 59.6 Å². The molecule has 7 nitrogen and oxygen atoms in total. The Hall–Kier alpha value is -3.53. The summed E-state index contributed by atoms with van der Waals surface area (Å²) in [4.78, 5) is 23.6. The topological polar surface area (TPSA) is 102 Å². The highest BCUT2D eigenvalue weighted by Gasteiger charge is 2.13. The Morgan fingerprint density at radius 1 is 1.27 bits per heavy atom. The van der Waals surface area contributed by atoms with E-state index in [1.165, 1.54) is 12.3 Å². The van der Waals surface area contributed by atoms with E-state index in [1.54, 1.807) is 42.5 Å². The van der Waals surface area contributed by atoms with Gasteiger partial charge in [0.1, 0.15) is 23.2 Å². The van der Waals surface area contributed by atoms with Gasteiger partial charge in [0.05, 0.1) is 19.4 Å². The molecule has 0 fully saturated rings. The summed E-state index contributed by atoms with van der Waals surface area (Å²) in [6, 6.07) is 12.1. The van der Waals surface area contributed by atoms with Crippen LogP contribution >= 0.6 is 0 Å². The quantitative estimate of drug-likeness (QED) is 0.444. The molecule has 0 radical (unpaired) electrons. The van der Waals surface area contributed by atoms with E-state index >= 15 is 0 Å². The van der Waals surface area contributed by atoms with Crippen molar-refractivity contribution in [1.82, 2.24) is 5.32 Å². The third kappa shape index (κ3) is 5.83. The van der Waals surface area contributed by atoms with Crippen molar-refractivity contribution in [3.8, 4) is 11.8 Å². The van der Waals surface area contributed by atoms with Crippen LogP contribution in [0.4, 0.5) is 0 Å². The molecule has 1 amide bonds. The molecule has 0 saturated carbocycles. The van der Waals surface area contributed by atoms with Gasteiger partial charge in [-0.05, 0) is 42.8 Å². The maximum absolute atomic E-state index is 11.9. The summed E-state index contributed by atoms with van der Waals surface area (Å²) in [5.74, 6) is -0.0839. The molecule has 0 saturated heterocycles. The van der Waals surface area contributed by atoms with E-state index in [-0.39, 0.29) is 12.1 Å². The van der Waals surface area contributed by atoms with Crippen LogP contribution in [0.3, 0.4) is 0 Å². The highest BCUT2D eigenvalue weighted by molar-refractivity contribution is 5.98. The van der Waals surface area contributed by atoms with Gasteiger partial charge in [-0.1, -0.05) is 12.1 Å². The lowest BCUT2D eigenvalue weighted by Crippen LogP contribution is -2.28. The Morgan fingerprint density at radius 2 is 2.04 bits per heavy atom. The number of nitriles is 1. The predicted octanol–water partition coefficient (Wildman–Crippen LogP) is 2.44. The van der Waals surface area contributed by atoms with E-state index in [0.29, 0.717) is 23.7 Å². The van der Waals surface area contributed by atoms with E-state index in [2.05, 4.69) is 5.32 Å². The number of nitrogens with one attached hydrogen (secondary N) is 1. The SMILES string of the molecule is CCOc1ccc(/C=C(\C#N)C(=O)OCC(=O)NCc2ccco2)cc1. The largest absolute Gasteiger partial charge is 0.494 e. The second-order valence-electron chi connectivity index (χ2n) is 5.10. The van der Waals surface area contributed by atoms with Crippen molar-refractivity contribution in [2.75, 3.05) is 13.2 Å². The molecular formula is C19H18N2O5. The molecule has 0 aliphatic carbocycles. The molecule has 0 unspecified atom stereocenters. The van der Waals surface area contributed by atoms with Crippen LogP contribution < -0.4 is 10.1 Å². The van der Waals surface area contributed by atoms with E-state index in [4.69, 9.17) is 19.2 Å². The number of ether oxygens (including phenoxy) is 2. The monoisotopic (exact) mass is 354 g/mol. The average molecular weight is 354 g/mol. The summed E-state index contributed by atoms with van der Waals surface area (Å²) in [5, 5.41) is 11.7. The standard InChI is InChI=1S/C19H18N2O5/c1-2-24-16-7-5-14(6-8-16)10-15(11-20)19(23)26-13-18(22)21-12-17-4-3-9-25-17/h3-10H,2,12-13H2,1H3,(H,21,22)/b15-10+. The van der Waals surface area contributed by atoms with Crippen LogP contribution in [-0.4, -0.2) is 25.1 Å². The summed E-state index contributed by atoms with van der Waals surface area (Å²) < 4.78 is 15.3. The van der Waals surface area contributed by atoms with Crippen molar-refractivity contribution in [1.29, 1.82) is 5.26 Å². The summed E-state index contributed by atoms with van der Waals surface area (Å²) >= 11 is 0. The second kappa shape index (κ2) is 9.69. The molecule has 26 heavy (non-hydrogen) atoms. The van der Waals surface area contributed by atoms with Crippen LogP contribution in [0.1, 0.15) is 18.2 Å². The molecule has 1 heterocycles. The van der Waals surface area contributed by atoms with Gasteiger partial charge in [0, 0.05) is 0 Å². The number of nitrogens with zero attached hydrogens (tertiary/aromatic N) is 1. The number of carbonyl (C=O) groups excluding carboxylic acids is 2. The fourth-order valence-electron chi connectivity index (χ4n) is 1.99. The summed E-state index contributed by atoms with van der Waals surface area (Å²) in [6.07, 6.45) is 2.88. The van der Waals surface area contributed by atoms with Crippen molar-refractivity contribution in [2.45, 2.75) is 13.5 Å². The number of rotatable bonds is 8. The van der Waals surface area contributed by atoms with Gasteiger partial charge >= 0.3 is 5.97 Å². The van der Waals surface area contributed by atoms with Gasteiger partial charge in [-0.3, -0.25) is 4.79 Å². The lowest BCUT2D eigenvalue weighted by atomic mass is 10.1. The fraction of sp³-hybridized carbons (Fsp3) is 0.211. The van der Waals surface area contributed by atoms with E-state index in [9.17, 15) is 9.59 Å². The van der Waals surface area contributed by atoms with Crippen LogP contribution in [0.15, 0.2) is 52.7 Å². The molecule has 2 aromatic rings. The van der Waals surface area contributed by atoms with Crippen molar-refractivity contribution >= 4 is 18.0 Å². The van der Waals surface area contributed by atoms with Crippen molar-refractivity contribution in [3.63, 3.8) is 0 Å². The molecule has 0 aliphatic heterocycles. The molecular weight excluding hydrogens is 336 g/mol. The van der Waals surface area contributed by atoms with Crippen LogP contribution in [0.25, 0.3) is 6.08 Å². The number of benzene rings is 1. The zero-order valence-corrected chi connectivity index (χ0v) is 14.2. The molecule has 2 rings (SSSR count). The summed E-state index contributed by atoms with van der Waals surface area (Å²) in [5.41, 5.74) is 0.442. The zero-order chi connectivity index (χ0) is 18.8. The fourth-order valence-corrected chi connectivity index (χ4v) is 1.99. The maximum atomic E-state index is 11.9. The third-order valence-corrected chi connectivity index (χ3v) is 3.22. The first-order valence-corrected chi connectivity index (χ1v) is 7.93. The minimum absolute atomic E-state index is 0.191. The molecule has 1 N–H and O–H groups in total. The highest BCUT2D eigenvalue weighted by Crippen LogP contribution is 2.15. The second-order valence-corrected chi connectivity index (χ2v) is 5.10. The molecule has 0 atom stereocenters. The number of esters is 1. The average Bonchev–Trinajstić information content (AvgIpc) is 3.17. The molecule has 134 valence electrons. The third-order valence-electron chi connectivity index (χ3n) is 3.22. The van der Waals surface area contributed by atoms with Gasteiger partial charge < -0.3 is 19.2 Å². The number of furan rings is 1. The normalized spacial score (nSPS) is 10.7. The Balaban J connectivity index is 1.87. The van der Waals surface area contributed by atoms with Gasteiger partial charge in [0.15, 0.2) is 6.61 Å². The van der Waals surface area contributed by atoms with Crippen LogP contribution in [0.5, 0.6) is 5.75 Å². The maximum Gasteiger partial charge on any atom is 0.349 e. The van der Waals surface area contributed by atoms with Crippen LogP contribution in [0.2, 0.25) is 0 Å². The molecule has 7 heteroatoms. The first kappa shape index (κ1) is 18.8. The van der Waals surface area contributed by atoms with Gasteiger partial charge in [-0.2, -0.15) is 5.26 Å². The number of amides is 1. The number of hydrogen-bond acceptors (Lipinski definition) is 6. The molecule has 0 bridgehead atoms. The zero-order valence-electron chi connectivity index (χ0n) is 14.2. The van der Waals surface area contributed by atoms with Crippen LogP contribution in [-0.2, 0) is 20.9 Å². The van der Waals surface area contributed by atoms with Crippen LogP contribution in [0, 0.1) is 11.3 Å². The van der Waals surface area contributed by atoms with E-state index in [0.717, 1.165) is 0 Å². The first-order valence-electron chi connectivity index (χ1n) is 7.93. The van der Waals surface area contributed by atoms with Crippen molar-refractivity contribution < 1.29 is 23.5 Å². The molecule has 1 aromatic carbocycles. The minimum atomic E-state index is -0.866. The Bertz CT molecular complexity index is 801. The predicted molar refractivity (Wildman–Crippen MR) is 92.7 cm³/mol. The first-order chi connectivity index (χ1) is 12.6. The number of hydrogen-bond donors (Lipinski definition) is 1. The lowest BCUT2D eigenvalue weighted by molar-refractivity contribution is -0.144. The van der Waals surface area contributed by atoms with Gasteiger partial charge in [0.2, 0.25) is 0 Å². The Kier molecular flexibility index (Phi) is 7.01. The summed E-state index contributed by atoms with van der Waals surface area (Å²) in [7, 11) is 0. The van der Waals surface area contributed by atoms with Gasteiger partial charge in [-0.25, -0.2) is 4.79 Å². The van der Waals surface area contributed by atoms with E-state index in [1.807, 2.05) is 6.92 Å².